The van der Waals surface area contributed by atoms with Crippen molar-refractivity contribution < 1.29 is 27.8 Å². The molecule has 0 spiro atoms. The molecule has 110 valence electrons. The lowest BCUT2D eigenvalue weighted by molar-refractivity contribution is -0.141. The predicted octanol–water partition coefficient (Wildman–Crippen LogP) is 4.20. The normalized spacial score (nSPS) is 11.2. The van der Waals surface area contributed by atoms with E-state index in [2.05, 4.69) is 4.98 Å². The zero-order chi connectivity index (χ0) is 15.6. The number of carboxylic acids is 1. The first-order valence-electron chi connectivity index (χ1n) is 5.52. The third-order valence-corrected chi connectivity index (χ3v) is 3.13. The standard InChI is InChI=1S/C13H7F3INO3/c14-13(15,16)10-6-5-9(12(19)20)11(18-10)21-8-3-1-7(17)2-4-8/h1-6H,(H,19,20). The smallest absolute Gasteiger partial charge is 0.433 e. The van der Waals surface area contributed by atoms with Crippen molar-refractivity contribution in [2.75, 3.05) is 0 Å². The van der Waals surface area contributed by atoms with E-state index in [-0.39, 0.29) is 5.75 Å². The molecule has 2 rings (SSSR count). The molecule has 0 fully saturated rings. The maximum atomic E-state index is 12.6. The van der Waals surface area contributed by atoms with Crippen LogP contribution in [0.25, 0.3) is 0 Å². The van der Waals surface area contributed by atoms with E-state index in [1.807, 2.05) is 22.6 Å². The van der Waals surface area contributed by atoms with Gasteiger partial charge in [-0.05, 0) is 59.0 Å². The van der Waals surface area contributed by atoms with Crippen LogP contribution in [0.5, 0.6) is 11.6 Å². The Hall–Kier alpha value is -1.84. The van der Waals surface area contributed by atoms with Crippen LogP contribution in [0.1, 0.15) is 16.1 Å². The summed E-state index contributed by atoms with van der Waals surface area (Å²) in [5, 5.41) is 8.98. The molecule has 4 nitrogen and oxygen atoms in total. The molecular formula is C13H7F3INO3. The van der Waals surface area contributed by atoms with E-state index in [9.17, 15) is 18.0 Å². The van der Waals surface area contributed by atoms with Crippen LogP contribution in [-0.2, 0) is 6.18 Å². The van der Waals surface area contributed by atoms with Gasteiger partial charge in [0, 0.05) is 3.57 Å². The molecule has 1 aromatic carbocycles. The van der Waals surface area contributed by atoms with E-state index < -0.39 is 29.3 Å². The van der Waals surface area contributed by atoms with Gasteiger partial charge < -0.3 is 9.84 Å². The summed E-state index contributed by atoms with van der Waals surface area (Å²) < 4.78 is 43.9. The van der Waals surface area contributed by atoms with Crippen LogP contribution in [0.3, 0.4) is 0 Å². The first-order valence-corrected chi connectivity index (χ1v) is 6.60. The largest absolute Gasteiger partial charge is 0.477 e. The van der Waals surface area contributed by atoms with Gasteiger partial charge in [0.25, 0.3) is 0 Å². The zero-order valence-electron chi connectivity index (χ0n) is 10.2. The Balaban J connectivity index is 2.43. The second-order valence-corrected chi connectivity index (χ2v) is 5.15. The average molecular weight is 409 g/mol. The lowest BCUT2D eigenvalue weighted by Gasteiger charge is -2.11. The highest BCUT2D eigenvalue weighted by Gasteiger charge is 2.34. The number of aromatic carboxylic acids is 1. The van der Waals surface area contributed by atoms with Gasteiger partial charge in [0.05, 0.1) is 0 Å². The van der Waals surface area contributed by atoms with Crippen LogP contribution >= 0.6 is 22.6 Å². The molecule has 0 saturated carbocycles. The first kappa shape index (κ1) is 15.5. The highest BCUT2D eigenvalue weighted by Crippen LogP contribution is 2.32. The summed E-state index contributed by atoms with van der Waals surface area (Å²) in [5.74, 6) is -1.82. The van der Waals surface area contributed by atoms with Gasteiger partial charge in [-0.3, -0.25) is 0 Å². The zero-order valence-corrected chi connectivity index (χ0v) is 12.3. The van der Waals surface area contributed by atoms with Gasteiger partial charge in [-0.1, -0.05) is 0 Å². The van der Waals surface area contributed by atoms with Crippen molar-refractivity contribution in [3.63, 3.8) is 0 Å². The minimum absolute atomic E-state index is 0.199. The Labute approximate surface area is 130 Å². The average Bonchev–Trinajstić information content (AvgIpc) is 2.40. The van der Waals surface area contributed by atoms with Gasteiger partial charge in [0.15, 0.2) is 0 Å². The van der Waals surface area contributed by atoms with Crippen molar-refractivity contribution in [2.24, 2.45) is 0 Å². The number of alkyl halides is 3. The maximum Gasteiger partial charge on any atom is 0.433 e. The molecule has 0 saturated heterocycles. The lowest BCUT2D eigenvalue weighted by atomic mass is 10.2. The predicted molar refractivity (Wildman–Crippen MR) is 75.4 cm³/mol. The highest BCUT2D eigenvalue weighted by molar-refractivity contribution is 14.1. The number of hydrogen-bond acceptors (Lipinski definition) is 3. The molecule has 2 aromatic rings. The molecule has 0 amide bonds. The van der Waals surface area contributed by atoms with Crippen LogP contribution in [0.4, 0.5) is 13.2 Å². The van der Waals surface area contributed by atoms with Gasteiger partial charge in [-0.25, -0.2) is 9.78 Å². The minimum atomic E-state index is -4.68. The summed E-state index contributed by atoms with van der Waals surface area (Å²) in [4.78, 5) is 14.3. The molecular weight excluding hydrogens is 402 g/mol. The molecule has 1 N–H and O–H groups in total. The summed E-state index contributed by atoms with van der Waals surface area (Å²) >= 11 is 2.05. The molecule has 1 aromatic heterocycles. The number of rotatable bonds is 3. The first-order chi connectivity index (χ1) is 9.77. The topological polar surface area (TPSA) is 59.4 Å². The quantitative estimate of drug-likeness (QED) is 0.773. The molecule has 0 unspecified atom stereocenters. The van der Waals surface area contributed by atoms with E-state index in [1.54, 1.807) is 12.1 Å². The van der Waals surface area contributed by atoms with Gasteiger partial charge in [-0.15, -0.1) is 0 Å². The number of pyridine rings is 1. The molecule has 0 radical (unpaired) electrons. The monoisotopic (exact) mass is 409 g/mol. The Morgan fingerprint density at radius 3 is 2.29 bits per heavy atom. The number of aromatic nitrogens is 1. The maximum absolute atomic E-state index is 12.6. The van der Waals surface area contributed by atoms with Gasteiger partial charge in [0.1, 0.15) is 17.0 Å². The highest BCUT2D eigenvalue weighted by atomic mass is 127. The lowest BCUT2D eigenvalue weighted by Crippen LogP contribution is -2.11. The second-order valence-electron chi connectivity index (χ2n) is 3.91. The fourth-order valence-electron chi connectivity index (χ4n) is 1.45. The molecule has 0 atom stereocenters. The van der Waals surface area contributed by atoms with E-state index in [0.29, 0.717) is 6.07 Å². The van der Waals surface area contributed by atoms with Crippen molar-refractivity contribution in [3.05, 3.63) is 51.2 Å². The van der Waals surface area contributed by atoms with Crippen molar-refractivity contribution in [1.29, 1.82) is 0 Å². The van der Waals surface area contributed by atoms with Crippen LogP contribution in [0, 0.1) is 3.57 Å². The summed E-state index contributed by atoms with van der Waals surface area (Å²) in [6.07, 6.45) is -4.68. The van der Waals surface area contributed by atoms with Crippen LogP contribution < -0.4 is 4.74 Å². The molecule has 0 aliphatic carbocycles. The van der Waals surface area contributed by atoms with Crippen LogP contribution in [0.2, 0.25) is 0 Å². The Morgan fingerprint density at radius 2 is 1.76 bits per heavy atom. The summed E-state index contributed by atoms with van der Waals surface area (Å²) in [7, 11) is 0. The SMILES string of the molecule is O=C(O)c1ccc(C(F)(F)F)nc1Oc1ccc(I)cc1. The van der Waals surface area contributed by atoms with Crippen molar-refractivity contribution >= 4 is 28.6 Å². The number of benzene rings is 1. The van der Waals surface area contributed by atoms with Crippen molar-refractivity contribution in [1.82, 2.24) is 4.98 Å². The van der Waals surface area contributed by atoms with Gasteiger partial charge in [0.2, 0.25) is 5.88 Å². The fraction of sp³-hybridized carbons (Fsp3) is 0.0769. The number of hydrogen-bond donors (Lipinski definition) is 1. The molecule has 8 heteroatoms. The number of halogens is 4. The molecule has 21 heavy (non-hydrogen) atoms. The Bertz CT molecular complexity index is 671. The Morgan fingerprint density at radius 1 is 1.14 bits per heavy atom. The third-order valence-electron chi connectivity index (χ3n) is 2.41. The van der Waals surface area contributed by atoms with Gasteiger partial charge in [-0.2, -0.15) is 13.2 Å². The summed E-state index contributed by atoms with van der Waals surface area (Å²) in [6.45, 7) is 0. The number of ether oxygens (including phenoxy) is 1. The second kappa shape index (κ2) is 5.88. The van der Waals surface area contributed by atoms with Crippen molar-refractivity contribution in [3.8, 4) is 11.6 Å². The minimum Gasteiger partial charge on any atom is -0.477 e. The number of carbonyl (C=O) groups is 1. The Kier molecular flexibility index (Phi) is 4.35. The van der Waals surface area contributed by atoms with Crippen LogP contribution in [0.15, 0.2) is 36.4 Å². The van der Waals surface area contributed by atoms with E-state index in [4.69, 9.17) is 9.84 Å². The fourth-order valence-corrected chi connectivity index (χ4v) is 1.81. The van der Waals surface area contributed by atoms with Gasteiger partial charge >= 0.3 is 12.1 Å². The van der Waals surface area contributed by atoms with E-state index in [1.165, 1.54) is 12.1 Å². The van der Waals surface area contributed by atoms with Crippen LogP contribution in [-0.4, -0.2) is 16.1 Å². The molecule has 0 bridgehead atoms. The molecule has 0 aliphatic heterocycles. The van der Waals surface area contributed by atoms with E-state index in [0.717, 1.165) is 9.64 Å². The molecule has 0 aliphatic rings. The van der Waals surface area contributed by atoms with Crippen molar-refractivity contribution in [2.45, 2.75) is 6.18 Å². The third kappa shape index (κ3) is 3.84. The number of nitrogens with zero attached hydrogens (tertiary/aromatic N) is 1. The summed E-state index contributed by atoms with van der Waals surface area (Å²) in [6, 6.07) is 7.78. The summed E-state index contributed by atoms with van der Waals surface area (Å²) in [5.41, 5.74) is -1.66. The molecule has 1 heterocycles. The number of carboxylic acid groups (broad SMARTS) is 1. The van der Waals surface area contributed by atoms with E-state index >= 15 is 0 Å².